The minimum Gasteiger partial charge on any atom is -0.408 e. The van der Waals surface area contributed by atoms with Crippen molar-refractivity contribution in [3.63, 3.8) is 0 Å². The SMILES string of the molecule is O=c1[nH]c2cc(Cl)c(S(=O)(=O)Nc3ccc(-c4noc(C(F)F)n4)cc3)cc2o1. The van der Waals surface area contributed by atoms with Gasteiger partial charge in [-0.05, 0) is 30.3 Å². The minimum absolute atomic E-state index is 0.0297. The topological polar surface area (TPSA) is 131 Å². The second-order valence-electron chi connectivity index (χ2n) is 5.73. The van der Waals surface area contributed by atoms with Gasteiger partial charge < -0.3 is 8.94 Å². The van der Waals surface area contributed by atoms with Gasteiger partial charge in [-0.15, -0.1) is 0 Å². The normalized spacial score (nSPS) is 12.0. The maximum Gasteiger partial charge on any atom is 0.417 e. The maximum atomic E-state index is 12.7. The molecule has 9 nitrogen and oxygen atoms in total. The molecule has 0 amide bonds. The van der Waals surface area contributed by atoms with Crippen molar-refractivity contribution in [1.82, 2.24) is 15.1 Å². The quantitative estimate of drug-likeness (QED) is 0.483. The number of aromatic nitrogens is 3. The van der Waals surface area contributed by atoms with E-state index in [4.69, 9.17) is 16.0 Å². The molecule has 0 aliphatic carbocycles. The van der Waals surface area contributed by atoms with Gasteiger partial charge in [0.1, 0.15) is 4.90 Å². The number of benzene rings is 2. The predicted molar refractivity (Wildman–Crippen MR) is 97.3 cm³/mol. The maximum absolute atomic E-state index is 12.7. The van der Waals surface area contributed by atoms with E-state index in [1.54, 1.807) is 0 Å². The Balaban J connectivity index is 1.61. The van der Waals surface area contributed by atoms with Crippen LogP contribution in [0.3, 0.4) is 0 Å². The van der Waals surface area contributed by atoms with Crippen LogP contribution in [-0.2, 0) is 10.0 Å². The number of alkyl halides is 2. The van der Waals surface area contributed by atoms with Crippen LogP contribution >= 0.6 is 11.6 Å². The van der Waals surface area contributed by atoms with E-state index in [1.165, 1.54) is 30.3 Å². The molecule has 0 aliphatic rings. The van der Waals surface area contributed by atoms with Crippen LogP contribution in [0.15, 0.2) is 55.0 Å². The number of H-pyrrole nitrogens is 1. The first-order valence-electron chi connectivity index (χ1n) is 7.80. The summed E-state index contributed by atoms with van der Waals surface area (Å²) in [6.07, 6.45) is -2.89. The zero-order chi connectivity index (χ0) is 20.8. The van der Waals surface area contributed by atoms with E-state index in [0.717, 1.165) is 6.07 Å². The first kappa shape index (κ1) is 19.1. The molecule has 0 fully saturated rings. The van der Waals surface area contributed by atoms with Crippen molar-refractivity contribution in [3.8, 4) is 11.4 Å². The Morgan fingerprint density at radius 2 is 1.90 bits per heavy atom. The van der Waals surface area contributed by atoms with Crippen molar-refractivity contribution in [1.29, 1.82) is 0 Å². The molecule has 0 spiro atoms. The molecule has 0 atom stereocenters. The molecule has 0 unspecified atom stereocenters. The standard InChI is InChI=1S/C16H9ClF2N4O5S/c17-9-5-10-11(27-16(24)20-10)6-12(9)29(25,26)23-8-3-1-7(2-4-8)14-21-15(13(18)19)28-22-14/h1-6,13,23H,(H,20,24). The number of hydrogen-bond donors (Lipinski definition) is 2. The molecule has 150 valence electrons. The molecule has 2 heterocycles. The van der Waals surface area contributed by atoms with Gasteiger partial charge in [-0.3, -0.25) is 9.71 Å². The molecule has 2 N–H and O–H groups in total. The van der Waals surface area contributed by atoms with Gasteiger partial charge in [0.25, 0.3) is 15.9 Å². The summed E-state index contributed by atoms with van der Waals surface area (Å²) in [4.78, 5) is 16.9. The van der Waals surface area contributed by atoms with Gasteiger partial charge in [0.15, 0.2) is 5.58 Å². The lowest BCUT2D eigenvalue weighted by Crippen LogP contribution is -2.13. The van der Waals surface area contributed by atoms with Gasteiger partial charge in [0.05, 0.1) is 10.5 Å². The molecule has 0 saturated carbocycles. The van der Waals surface area contributed by atoms with Crippen molar-refractivity contribution in [2.75, 3.05) is 4.72 Å². The average Bonchev–Trinajstić information content (AvgIpc) is 3.27. The first-order chi connectivity index (χ1) is 13.7. The number of aromatic amines is 1. The summed E-state index contributed by atoms with van der Waals surface area (Å²) in [5.41, 5.74) is 0.795. The second kappa shape index (κ2) is 6.97. The highest BCUT2D eigenvalue weighted by atomic mass is 35.5. The first-order valence-corrected chi connectivity index (χ1v) is 9.66. The molecule has 0 bridgehead atoms. The van der Waals surface area contributed by atoms with Crippen LogP contribution in [0.25, 0.3) is 22.5 Å². The molecule has 4 aromatic rings. The van der Waals surface area contributed by atoms with Crippen molar-refractivity contribution < 1.29 is 26.1 Å². The van der Waals surface area contributed by atoms with E-state index >= 15 is 0 Å². The summed E-state index contributed by atoms with van der Waals surface area (Å²) in [6.45, 7) is 0. The number of fused-ring (bicyclic) bond motifs is 1. The fourth-order valence-electron chi connectivity index (χ4n) is 2.50. The monoisotopic (exact) mass is 442 g/mol. The predicted octanol–water partition coefficient (Wildman–Crippen LogP) is 3.56. The van der Waals surface area contributed by atoms with Gasteiger partial charge in [-0.1, -0.05) is 16.8 Å². The number of sulfonamides is 1. The molecule has 4 rings (SSSR count). The Bertz CT molecular complexity index is 1360. The number of rotatable bonds is 5. The number of nitrogens with one attached hydrogen (secondary N) is 2. The highest BCUT2D eigenvalue weighted by Crippen LogP contribution is 2.29. The largest absolute Gasteiger partial charge is 0.417 e. The Kier molecular flexibility index (Phi) is 4.59. The third-order valence-electron chi connectivity index (χ3n) is 3.79. The number of oxazole rings is 1. The van der Waals surface area contributed by atoms with Crippen molar-refractivity contribution in [2.45, 2.75) is 11.3 Å². The molecule has 13 heteroatoms. The van der Waals surface area contributed by atoms with Crippen LogP contribution in [0.2, 0.25) is 5.02 Å². The Morgan fingerprint density at radius 1 is 1.17 bits per heavy atom. The minimum atomic E-state index is -4.12. The number of hydrogen-bond acceptors (Lipinski definition) is 7. The van der Waals surface area contributed by atoms with E-state index in [0.29, 0.717) is 5.56 Å². The number of halogens is 3. The zero-order valence-corrected chi connectivity index (χ0v) is 15.6. The third-order valence-corrected chi connectivity index (χ3v) is 5.63. The molecule has 29 heavy (non-hydrogen) atoms. The summed E-state index contributed by atoms with van der Waals surface area (Å²) >= 11 is 6.03. The number of nitrogens with zero attached hydrogens (tertiary/aromatic N) is 2. The van der Waals surface area contributed by atoms with Crippen LogP contribution in [0, 0.1) is 0 Å². The van der Waals surface area contributed by atoms with Gasteiger partial charge in [0, 0.05) is 17.3 Å². The second-order valence-corrected chi connectivity index (χ2v) is 7.79. The van der Waals surface area contributed by atoms with Crippen molar-refractivity contribution in [2.24, 2.45) is 0 Å². The Hall–Kier alpha value is -3.25. The van der Waals surface area contributed by atoms with Crippen LogP contribution in [0.4, 0.5) is 14.5 Å². The van der Waals surface area contributed by atoms with E-state index in [9.17, 15) is 22.0 Å². The molecular formula is C16H9ClF2N4O5S. The molecule has 2 aromatic carbocycles. The lowest BCUT2D eigenvalue weighted by atomic mass is 10.2. The van der Waals surface area contributed by atoms with Gasteiger partial charge in [-0.2, -0.15) is 13.8 Å². The smallest absolute Gasteiger partial charge is 0.408 e. The zero-order valence-electron chi connectivity index (χ0n) is 14.0. The van der Waals surface area contributed by atoms with Gasteiger partial charge in [0.2, 0.25) is 5.82 Å². The Morgan fingerprint density at radius 3 is 2.55 bits per heavy atom. The average molecular weight is 443 g/mol. The van der Waals surface area contributed by atoms with Crippen LogP contribution in [-0.4, -0.2) is 23.5 Å². The molecule has 0 radical (unpaired) electrons. The van der Waals surface area contributed by atoms with Crippen LogP contribution in [0.1, 0.15) is 12.3 Å². The third kappa shape index (κ3) is 3.71. The summed E-state index contributed by atoms with van der Waals surface area (Å²) < 4.78 is 62.0. The van der Waals surface area contributed by atoms with Crippen LogP contribution < -0.4 is 10.5 Å². The molecule has 0 aliphatic heterocycles. The van der Waals surface area contributed by atoms with E-state index in [1.807, 2.05) is 0 Å². The highest BCUT2D eigenvalue weighted by Gasteiger charge is 2.21. The fraction of sp³-hybridized carbons (Fsp3) is 0.0625. The molecular weight excluding hydrogens is 434 g/mol. The number of anilines is 1. The fourth-order valence-corrected chi connectivity index (χ4v) is 4.10. The van der Waals surface area contributed by atoms with Crippen molar-refractivity contribution >= 4 is 38.4 Å². The lowest BCUT2D eigenvalue weighted by Gasteiger charge is -2.09. The van der Waals surface area contributed by atoms with Gasteiger partial charge >= 0.3 is 12.2 Å². The summed E-state index contributed by atoms with van der Waals surface area (Å²) in [5, 5.41) is 3.32. The summed E-state index contributed by atoms with van der Waals surface area (Å²) in [7, 11) is -4.12. The highest BCUT2D eigenvalue weighted by molar-refractivity contribution is 7.92. The van der Waals surface area contributed by atoms with E-state index in [2.05, 4.69) is 24.4 Å². The molecule has 2 aromatic heterocycles. The van der Waals surface area contributed by atoms with E-state index < -0.39 is 28.1 Å². The molecule has 0 saturated heterocycles. The van der Waals surface area contributed by atoms with Crippen LogP contribution in [0.5, 0.6) is 0 Å². The summed E-state index contributed by atoms with van der Waals surface area (Å²) in [5.74, 6) is -1.62. The van der Waals surface area contributed by atoms with E-state index in [-0.39, 0.29) is 32.5 Å². The van der Waals surface area contributed by atoms with Gasteiger partial charge in [-0.25, -0.2) is 13.2 Å². The van der Waals surface area contributed by atoms with Crippen molar-refractivity contribution in [3.05, 3.63) is 57.9 Å². The summed E-state index contributed by atoms with van der Waals surface area (Å²) in [6, 6.07) is 8.00. The Labute approximate surface area is 165 Å². The lowest BCUT2D eigenvalue weighted by molar-refractivity contribution is 0.106.